The van der Waals surface area contributed by atoms with Crippen molar-refractivity contribution in [2.24, 2.45) is 5.73 Å². The molecule has 3 unspecified atom stereocenters. The van der Waals surface area contributed by atoms with Crippen molar-refractivity contribution in [1.29, 1.82) is 0 Å². The molecule has 0 bridgehead atoms. The number of nitrogens with one attached hydrogen (secondary N) is 1. The molecule has 3 N–H and O–H groups in total. The molecule has 116 valence electrons. The van der Waals surface area contributed by atoms with E-state index in [1.54, 1.807) is 0 Å². The Bertz CT molecular complexity index is 358. The van der Waals surface area contributed by atoms with E-state index in [1.807, 2.05) is 0 Å². The Morgan fingerprint density at radius 3 is 2.60 bits per heavy atom. The van der Waals surface area contributed by atoms with Gasteiger partial charge in [-0.05, 0) is 53.6 Å². The Hall–Kier alpha value is -0.650. The molecule has 1 heterocycles. The van der Waals surface area contributed by atoms with Crippen LogP contribution in [0.15, 0.2) is 0 Å². The molecule has 0 spiro atoms. The molecule has 3 atom stereocenters. The van der Waals surface area contributed by atoms with Crippen LogP contribution >= 0.6 is 0 Å². The fourth-order valence-electron chi connectivity index (χ4n) is 3.83. The first-order valence-electron chi connectivity index (χ1n) is 7.82. The average molecular weight is 282 g/mol. The van der Waals surface area contributed by atoms with Gasteiger partial charge in [0.25, 0.3) is 0 Å². The molecule has 20 heavy (non-hydrogen) atoms. The van der Waals surface area contributed by atoms with Gasteiger partial charge >= 0.3 is 0 Å². The normalized spacial score (nSPS) is 35.3. The second-order valence-electron chi connectivity index (χ2n) is 7.04. The van der Waals surface area contributed by atoms with Gasteiger partial charge in [0.15, 0.2) is 0 Å². The highest BCUT2D eigenvalue weighted by Crippen LogP contribution is 2.35. The highest BCUT2D eigenvalue weighted by atomic mass is 16.1. The Morgan fingerprint density at radius 1 is 1.40 bits per heavy atom. The summed E-state index contributed by atoms with van der Waals surface area (Å²) in [6.45, 7) is 6.42. The molecule has 0 aromatic carbocycles. The third-order valence-corrected chi connectivity index (χ3v) is 4.97. The molecule has 0 radical (unpaired) electrons. The smallest absolute Gasteiger partial charge is 0.237 e. The van der Waals surface area contributed by atoms with Crippen molar-refractivity contribution in [1.82, 2.24) is 15.1 Å². The van der Waals surface area contributed by atoms with Gasteiger partial charge in [-0.15, -0.1) is 0 Å². The molecule has 1 aliphatic heterocycles. The predicted octanol–water partition coefficient (Wildman–Crippen LogP) is 0.397. The number of carbonyl (C=O) groups is 1. The fraction of sp³-hybridized carbons (Fsp3) is 0.933. The Morgan fingerprint density at radius 2 is 2.10 bits per heavy atom. The summed E-state index contributed by atoms with van der Waals surface area (Å²) < 4.78 is 0. The van der Waals surface area contributed by atoms with Crippen molar-refractivity contribution >= 4 is 5.91 Å². The lowest BCUT2D eigenvalue weighted by molar-refractivity contribution is -0.124. The second-order valence-corrected chi connectivity index (χ2v) is 7.04. The SMILES string of the molecule is CC(C)NC1(C(N)=O)CCC(N2CCC(N(C)C)C2)C1. The zero-order chi connectivity index (χ0) is 14.9. The van der Waals surface area contributed by atoms with E-state index in [4.69, 9.17) is 5.73 Å². The van der Waals surface area contributed by atoms with Crippen molar-refractivity contribution in [3.63, 3.8) is 0 Å². The summed E-state index contributed by atoms with van der Waals surface area (Å²) in [5.41, 5.74) is 5.20. The molecule has 1 aliphatic carbocycles. The lowest BCUT2D eigenvalue weighted by Crippen LogP contribution is -2.56. The van der Waals surface area contributed by atoms with Crippen LogP contribution in [0.5, 0.6) is 0 Å². The molecule has 1 amide bonds. The zero-order valence-electron chi connectivity index (χ0n) is 13.4. The van der Waals surface area contributed by atoms with Crippen LogP contribution in [0.25, 0.3) is 0 Å². The van der Waals surface area contributed by atoms with Gasteiger partial charge in [0.2, 0.25) is 5.91 Å². The standard InChI is InChI=1S/C15H30N4O/c1-11(2)17-15(14(16)20)7-5-12(9-15)19-8-6-13(10-19)18(3)4/h11-13,17H,5-10H2,1-4H3,(H2,16,20). The van der Waals surface area contributed by atoms with Gasteiger partial charge in [-0.3, -0.25) is 9.69 Å². The summed E-state index contributed by atoms with van der Waals surface area (Å²) in [7, 11) is 4.30. The largest absolute Gasteiger partial charge is 0.368 e. The van der Waals surface area contributed by atoms with E-state index in [9.17, 15) is 4.79 Å². The highest BCUT2D eigenvalue weighted by Gasteiger charge is 2.46. The molecule has 0 aromatic heterocycles. The number of nitrogens with zero attached hydrogens (tertiary/aromatic N) is 2. The van der Waals surface area contributed by atoms with E-state index in [2.05, 4.69) is 43.1 Å². The van der Waals surface area contributed by atoms with Crippen LogP contribution in [0, 0.1) is 0 Å². The molecule has 0 aromatic rings. The first-order valence-corrected chi connectivity index (χ1v) is 7.82. The maximum Gasteiger partial charge on any atom is 0.237 e. The van der Waals surface area contributed by atoms with Gasteiger partial charge in [0.1, 0.15) is 0 Å². The summed E-state index contributed by atoms with van der Waals surface area (Å²) in [5, 5.41) is 3.43. The third kappa shape index (κ3) is 3.15. The first-order chi connectivity index (χ1) is 9.34. The molecule has 2 rings (SSSR count). The van der Waals surface area contributed by atoms with Crippen molar-refractivity contribution in [2.75, 3.05) is 27.2 Å². The summed E-state index contributed by atoms with van der Waals surface area (Å²) in [4.78, 5) is 16.8. The number of nitrogens with two attached hydrogens (primary N) is 1. The quantitative estimate of drug-likeness (QED) is 0.766. The molecule has 5 nitrogen and oxygen atoms in total. The number of likely N-dealkylation sites (tertiary alicyclic amines) is 1. The van der Waals surface area contributed by atoms with E-state index >= 15 is 0 Å². The van der Waals surface area contributed by atoms with Crippen molar-refractivity contribution in [2.45, 2.75) is 63.2 Å². The van der Waals surface area contributed by atoms with Crippen molar-refractivity contribution in [3.8, 4) is 0 Å². The first kappa shape index (κ1) is 15.7. The molecule has 1 saturated carbocycles. The highest BCUT2D eigenvalue weighted by molar-refractivity contribution is 5.85. The number of likely N-dealkylation sites (N-methyl/N-ethyl adjacent to an activating group) is 1. The maximum atomic E-state index is 11.9. The van der Waals surface area contributed by atoms with Gasteiger partial charge in [-0.1, -0.05) is 0 Å². The lowest BCUT2D eigenvalue weighted by Gasteiger charge is -2.31. The van der Waals surface area contributed by atoms with Crippen LogP contribution in [-0.2, 0) is 4.79 Å². The van der Waals surface area contributed by atoms with Crippen LogP contribution in [0.2, 0.25) is 0 Å². The van der Waals surface area contributed by atoms with Crippen LogP contribution in [0.1, 0.15) is 39.5 Å². The number of amides is 1. The van der Waals surface area contributed by atoms with Crippen LogP contribution in [0.4, 0.5) is 0 Å². The van der Waals surface area contributed by atoms with Crippen molar-refractivity contribution in [3.05, 3.63) is 0 Å². The number of carbonyl (C=O) groups excluding carboxylic acids is 1. The Balaban J connectivity index is 1.99. The predicted molar refractivity (Wildman–Crippen MR) is 81.5 cm³/mol. The minimum atomic E-state index is -0.491. The van der Waals surface area contributed by atoms with Gasteiger partial charge in [-0.2, -0.15) is 0 Å². The fourth-order valence-corrected chi connectivity index (χ4v) is 3.83. The van der Waals surface area contributed by atoms with E-state index in [1.165, 1.54) is 6.42 Å². The minimum Gasteiger partial charge on any atom is -0.368 e. The molecule has 1 saturated heterocycles. The zero-order valence-corrected chi connectivity index (χ0v) is 13.4. The van der Waals surface area contributed by atoms with Gasteiger partial charge < -0.3 is 16.0 Å². The monoisotopic (exact) mass is 282 g/mol. The summed E-state index contributed by atoms with van der Waals surface area (Å²) in [6.07, 6.45) is 4.03. The number of primary amides is 1. The van der Waals surface area contributed by atoms with Gasteiger partial charge in [0, 0.05) is 31.2 Å². The number of hydrogen-bond acceptors (Lipinski definition) is 4. The molecular formula is C15H30N4O. The minimum absolute atomic E-state index is 0.183. The molecular weight excluding hydrogens is 252 g/mol. The third-order valence-electron chi connectivity index (χ3n) is 4.97. The number of hydrogen-bond donors (Lipinski definition) is 2. The van der Waals surface area contributed by atoms with Gasteiger partial charge in [-0.25, -0.2) is 0 Å². The topological polar surface area (TPSA) is 61.6 Å². The van der Waals surface area contributed by atoms with Crippen LogP contribution < -0.4 is 11.1 Å². The van der Waals surface area contributed by atoms with E-state index in [-0.39, 0.29) is 11.9 Å². The lowest BCUT2D eigenvalue weighted by atomic mass is 9.95. The van der Waals surface area contributed by atoms with E-state index in [0.29, 0.717) is 12.1 Å². The Kier molecular flexibility index (Phi) is 4.72. The Labute approximate surface area is 122 Å². The van der Waals surface area contributed by atoms with Crippen molar-refractivity contribution < 1.29 is 4.79 Å². The summed E-state index contributed by atoms with van der Waals surface area (Å²) >= 11 is 0. The molecule has 5 heteroatoms. The molecule has 2 aliphatic rings. The maximum absolute atomic E-state index is 11.9. The van der Waals surface area contributed by atoms with E-state index < -0.39 is 5.54 Å². The number of rotatable bonds is 5. The summed E-state index contributed by atoms with van der Waals surface area (Å²) in [5.74, 6) is -0.183. The van der Waals surface area contributed by atoms with Crippen LogP contribution in [0.3, 0.4) is 0 Å². The molecule has 2 fully saturated rings. The summed E-state index contributed by atoms with van der Waals surface area (Å²) in [6, 6.07) is 1.43. The van der Waals surface area contributed by atoms with E-state index in [0.717, 1.165) is 32.4 Å². The second kappa shape index (κ2) is 6.00. The average Bonchev–Trinajstić information content (AvgIpc) is 2.94. The van der Waals surface area contributed by atoms with Crippen LogP contribution in [-0.4, -0.2) is 66.6 Å². The van der Waals surface area contributed by atoms with Gasteiger partial charge in [0.05, 0.1) is 5.54 Å².